The number of hydrogen-bond donors (Lipinski definition) is 2. The van der Waals surface area contributed by atoms with Crippen LogP contribution in [-0.4, -0.2) is 32.0 Å². The molecule has 0 spiro atoms. The van der Waals surface area contributed by atoms with Crippen molar-refractivity contribution in [3.63, 3.8) is 0 Å². The lowest BCUT2D eigenvalue weighted by atomic mass is 9.96. The highest BCUT2D eigenvalue weighted by Gasteiger charge is 2.41. The van der Waals surface area contributed by atoms with Crippen LogP contribution in [0.2, 0.25) is 0 Å². The Hall–Kier alpha value is -4.04. The van der Waals surface area contributed by atoms with Crippen molar-refractivity contribution in [2.45, 2.75) is 39.3 Å². The van der Waals surface area contributed by atoms with Crippen molar-refractivity contribution in [2.24, 2.45) is 0 Å². The fraction of sp³-hybridized carbons (Fsp3) is 0.233. The Morgan fingerprint density at radius 1 is 1.05 bits per heavy atom. The summed E-state index contributed by atoms with van der Waals surface area (Å²) in [5.74, 6) is -0.737. The van der Waals surface area contributed by atoms with E-state index in [0.29, 0.717) is 11.7 Å². The molecular formula is C30H30FN5OS. The van der Waals surface area contributed by atoms with Crippen LogP contribution in [-0.2, 0) is 4.79 Å². The molecule has 0 saturated carbocycles. The van der Waals surface area contributed by atoms with E-state index in [1.807, 2.05) is 30.3 Å². The SMILES string of the molecule is Cc1ccccc1-n1c(C)cc([C@@H]2[C@@H](c3ccccn3)NC(=S)N2CCC(=O)Nc2ccccc2F)c1C. The monoisotopic (exact) mass is 527 g/mol. The van der Waals surface area contributed by atoms with Gasteiger partial charge in [0.2, 0.25) is 5.91 Å². The maximum absolute atomic E-state index is 14.1. The Bertz CT molecular complexity index is 1490. The summed E-state index contributed by atoms with van der Waals surface area (Å²) >= 11 is 5.78. The molecule has 1 aliphatic heterocycles. The summed E-state index contributed by atoms with van der Waals surface area (Å²) in [4.78, 5) is 19.5. The topological polar surface area (TPSA) is 62.2 Å². The van der Waals surface area contributed by atoms with Gasteiger partial charge in [0.25, 0.3) is 0 Å². The molecule has 2 aromatic carbocycles. The zero-order chi connectivity index (χ0) is 26.8. The Morgan fingerprint density at radius 3 is 2.53 bits per heavy atom. The van der Waals surface area contributed by atoms with Gasteiger partial charge in [0.15, 0.2) is 5.11 Å². The summed E-state index contributed by atoms with van der Waals surface area (Å²) in [5, 5.41) is 6.69. The van der Waals surface area contributed by atoms with Gasteiger partial charge in [0, 0.05) is 36.2 Å². The Balaban J connectivity index is 1.48. The van der Waals surface area contributed by atoms with E-state index in [0.717, 1.165) is 28.3 Å². The van der Waals surface area contributed by atoms with E-state index in [1.165, 1.54) is 11.6 Å². The molecule has 0 bridgehead atoms. The number of amides is 1. The zero-order valence-corrected chi connectivity index (χ0v) is 22.4. The van der Waals surface area contributed by atoms with E-state index in [-0.39, 0.29) is 30.1 Å². The van der Waals surface area contributed by atoms with Gasteiger partial charge >= 0.3 is 0 Å². The number of benzene rings is 2. The van der Waals surface area contributed by atoms with Crippen molar-refractivity contribution in [3.05, 3.63) is 113 Å². The third-order valence-corrected chi connectivity index (χ3v) is 7.42. The minimum atomic E-state index is -0.462. The smallest absolute Gasteiger partial charge is 0.226 e. The zero-order valence-electron chi connectivity index (χ0n) is 21.6. The van der Waals surface area contributed by atoms with Crippen molar-refractivity contribution in [1.82, 2.24) is 19.8 Å². The lowest BCUT2D eigenvalue weighted by molar-refractivity contribution is -0.116. The average Bonchev–Trinajstić information content (AvgIpc) is 3.39. The van der Waals surface area contributed by atoms with Gasteiger partial charge in [-0.25, -0.2) is 4.39 Å². The van der Waals surface area contributed by atoms with Crippen molar-refractivity contribution < 1.29 is 9.18 Å². The van der Waals surface area contributed by atoms with E-state index in [1.54, 1.807) is 24.4 Å². The lowest BCUT2D eigenvalue weighted by Gasteiger charge is -2.28. The molecule has 6 nitrogen and oxygen atoms in total. The number of hydrogen-bond acceptors (Lipinski definition) is 3. The van der Waals surface area contributed by atoms with Gasteiger partial charge in [-0.3, -0.25) is 9.78 Å². The van der Waals surface area contributed by atoms with E-state index < -0.39 is 5.82 Å². The predicted molar refractivity (Wildman–Crippen MR) is 152 cm³/mol. The number of anilines is 1. The first kappa shape index (κ1) is 25.6. The van der Waals surface area contributed by atoms with Gasteiger partial charge in [0.1, 0.15) is 5.82 Å². The quantitative estimate of drug-likeness (QED) is 0.292. The van der Waals surface area contributed by atoms with Crippen LogP contribution in [0.1, 0.15) is 46.7 Å². The highest BCUT2D eigenvalue weighted by Crippen LogP contribution is 2.41. The number of halogens is 1. The molecule has 1 amide bonds. The second kappa shape index (κ2) is 10.8. The fourth-order valence-corrected chi connectivity index (χ4v) is 5.59. The van der Waals surface area contributed by atoms with Gasteiger partial charge in [-0.1, -0.05) is 36.4 Å². The standard InChI is InChI=1S/C30H30FN5OS/c1-19-10-4-7-14-26(19)36-20(2)18-22(21(36)3)29-28(25-13-8-9-16-32-25)34-30(38)35(29)17-15-27(37)33-24-12-6-5-11-23(24)31/h4-14,16,18,28-29H,15,17H2,1-3H3,(H,33,37)(H,34,38)/t28-,29-/m1/s1. The van der Waals surface area contributed by atoms with Gasteiger partial charge in [-0.15, -0.1) is 0 Å². The van der Waals surface area contributed by atoms with Crippen LogP contribution in [0, 0.1) is 26.6 Å². The normalized spacial score (nSPS) is 16.9. The number of carbonyl (C=O) groups is 1. The van der Waals surface area contributed by atoms with Gasteiger partial charge in [0.05, 0.1) is 23.5 Å². The third-order valence-electron chi connectivity index (χ3n) is 7.07. The minimum absolute atomic E-state index is 0.151. The first-order chi connectivity index (χ1) is 18.3. The first-order valence-electron chi connectivity index (χ1n) is 12.6. The molecule has 38 heavy (non-hydrogen) atoms. The van der Waals surface area contributed by atoms with Crippen LogP contribution in [0.5, 0.6) is 0 Å². The largest absolute Gasteiger partial charge is 0.352 e. The van der Waals surface area contributed by atoms with E-state index in [9.17, 15) is 9.18 Å². The Kier molecular flexibility index (Phi) is 7.24. The highest BCUT2D eigenvalue weighted by atomic mass is 32.1. The molecule has 0 aliphatic carbocycles. The number of pyridine rings is 1. The van der Waals surface area contributed by atoms with Crippen LogP contribution in [0.15, 0.2) is 79.0 Å². The number of thiocarbonyl (C=S) groups is 1. The van der Waals surface area contributed by atoms with Gasteiger partial charge in [-0.05, 0) is 80.5 Å². The molecule has 3 heterocycles. The highest BCUT2D eigenvalue weighted by molar-refractivity contribution is 7.80. The average molecular weight is 528 g/mol. The number of aryl methyl sites for hydroxylation is 2. The third kappa shape index (κ3) is 4.91. The Labute approximate surface area is 227 Å². The first-order valence-corrected chi connectivity index (χ1v) is 13.0. The maximum Gasteiger partial charge on any atom is 0.226 e. The summed E-state index contributed by atoms with van der Waals surface area (Å²) < 4.78 is 16.3. The molecule has 1 aliphatic rings. The van der Waals surface area contributed by atoms with Crippen LogP contribution < -0.4 is 10.6 Å². The molecule has 8 heteroatoms. The molecule has 2 N–H and O–H groups in total. The van der Waals surface area contributed by atoms with Crippen molar-refractivity contribution >= 4 is 28.9 Å². The van der Waals surface area contributed by atoms with Crippen LogP contribution in [0.4, 0.5) is 10.1 Å². The Morgan fingerprint density at radius 2 is 1.79 bits per heavy atom. The van der Waals surface area contributed by atoms with Gasteiger partial charge < -0.3 is 20.1 Å². The molecule has 2 aromatic heterocycles. The number of para-hydroxylation sites is 2. The molecule has 1 saturated heterocycles. The molecular weight excluding hydrogens is 497 g/mol. The molecule has 4 aromatic rings. The molecule has 0 radical (unpaired) electrons. The van der Waals surface area contributed by atoms with E-state index in [4.69, 9.17) is 12.2 Å². The molecule has 1 fully saturated rings. The number of aromatic nitrogens is 2. The van der Waals surface area contributed by atoms with Crippen molar-refractivity contribution in [2.75, 3.05) is 11.9 Å². The lowest BCUT2D eigenvalue weighted by Crippen LogP contribution is -2.33. The summed E-state index contributed by atoms with van der Waals surface area (Å²) in [6.45, 7) is 6.70. The fourth-order valence-electron chi connectivity index (χ4n) is 5.25. The summed E-state index contributed by atoms with van der Waals surface area (Å²) in [5.41, 5.74) is 6.69. The number of carbonyl (C=O) groups excluding carboxylic acids is 1. The number of nitrogens with zero attached hydrogens (tertiary/aromatic N) is 3. The van der Waals surface area contributed by atoms with E-state index >= 15 is 0 Å². The molecule has 2 atom stereocenters. The van der Waals surface area contributed by atoms with Crippen molar-refractivity contribution in [1.29, 1.82) is 0 Å². The second-order valence-corrected chi connectivity index (χ2v) is 9.93. The predicted octanol–water partition coefficient (Wildman–Crippen LogP) is 5.94. The van der Waals surface area contributed by atoms with Crippen LogP contribution >= 0.6 is 12.2 Å². The van der Waals surface area contributed by atoms with E-state index in [2.05, 4.69) is 64.1 Å². The van der Waals surface area contributed by atoms with Crippen LogP contribution in [0.3, 0.4) is 0 Å². The van der Waals surface area contributed by atoms with Crippen molar-refractivity contribution in [3.8, 4) is 5.69 Å². The maximum atomic E-state index is 14.1. The summed E-state index contributed by atoms with van der Waals surface area (Å²) in [6, 6.07) is 22.1. The minimum Gasteiger partial charge on any atom is -0.352 e. The second-order valence-electron chi connectivity index (χ2n) is 9.55. The number of nitrogens with one attached hydrogen (secondary N) is 2. The summed E-state index contributed by atoms with van der Waals surface area (Å²) in [7, 11) is 0. The summed E-state index contributed by atoms with van der Waals surface area (Å²) in [6.07, 6.45) is 1.93. The molecule has 5 rings (SSSR count). The van der Waals surface area contributed by atoms with Gasteiger partial charge in [-0.2, -0.15) is 0 Å². The molecule has 194 valence electrons. The molecule has 0 unspecified atom stereocenters. The van der Waals surface area contributed by atoms with Crippen LogP contribution in [0.25, 0.3) is 5.69 Å². The number of rotatable bonds is 7.